The minimum absolute atomic E-state index is 0.190. The van der Waals surface area contributed by atoms with Gasteiger partial charge in [-0.25, -0.2) is 0 Å². The predicted octanol–water partition coefficient (Wildman–Crippen LogP) is 2.18. The lowest BCUT2D eigenvalue weighted by Gasteiger charge is -2.26. The third-order valence-corrected chi connectivity index (χ3v) is 3.05. The Morgan fingerprint density at radius 1 is 1.53 bits per heavy atom. The van der Waals surface area contributed by atoms with Crippen molar-refractivity contribution in [3.05, 3.63) is 18.0 Å². The van der Waals surface area contributed by atoms with Gasteiger partial charge in [0.25, 0.3) is 0 Å². The molecule has 1 aromatic rings. The highest BCUT2D eigenvalue weighted by atomic mass is 15.3. The van der Waals surface area contributed by atoms with Crippen LogP contribution in [0.15, 0.2) is 12.4 Å². The largest absolute Gasteiger partial charge is 0.317 e. The molecule has 1 aromatic heterocycles. The summed E-state index contributed by atoms with van der Waals surface area (Å²) in [5, 5.41) is 7.61. The van der Waals surface area contributed by atoms with Crippen LogP contribution in [0.25, 0.3) is 0 Å². The fraction of sp³-hybridized carbons (Fsp3) is 0.750. The molecule has 3 heteroatoms. The van der Waals surface area contributed by atoms with Gasteiger partial charge in [0.15, 0.2) is 0 Å². The van der Waals surface area contributed by atoms with Gasteiger partial charge in [-0.15, -0.1) is 0 Å². The van der Waals surface area contributed by atoms with Crippen molar-refractivity contribution in [3.8, 4) is 0 Å². The molecular weight excluding hydrogens is 186 g/mol. The SMILES string of the molecule is CCn1cc(C(C)(C)CC(C)NC)cn1. The summed E-state index contributed by atoms with van der Waals surface area (Å²) in [6, 6.07) is 0.532. The molecule has 3 nitrogen and oxygen atoms in total. The van der Waals surface area contributed by atoms with Gasteiger partial charge in [-0.2, -0.15) is 5.10 Å². The molecule has 0 bridgehead atoms. The average Bonchev–Trinajstić information content (AvgIpc) is 2.65. The van der Waals surface area contributed by atoms with Crippen molar-refractivity contribution in [1.82, 2.24) is 15.1 Å². The van der Waals surface area contributed by atoms with Gasteiger partial charge in [-0.3, -0.25) is 4.68 Å². The number of hydrogen-bond donors (Lipinski definition) is 1. The summed E-state index contributed by atoms with van der Waals surface area (Å²) in [5.41, 5.74) is 1.52. The summed E-state index contributed by atoms with van der Waals surface area (Å²) in [7, 11) is 2.01. The second-order valence-corrected chi connectivity index (χ2v) is 4.86. The molecule has 15 heavy (non-hydrogen) atoms. The standard InChI is InChI=1S/C12H23N3/c1-6-15-9-11(8-14-15)12(3,4)7-10(2)13-5/h8-10,13H,6-7H2,1-5H3. The van der Waals surface area contributed by atoms with E-state index in [1.807, 2.05) is 17.9 Å². The summed E-state index contributed by atoms with van der Waals surface area (Å²) in [5.74, 6) is 0. The maximum absolute atomic E-state index is 4.33. The molecule has 1 unspecified atom stereocenters. The molecule has 0 saturated heterocycles. The molecule has 0 radical (unpaired) electrons. The van der Waals surface area contributed by atoms with E-state index in [-0.39, 0.29) is 5.41 Å². The summed E-state index contributed by atoms with van der Waals surface area (Å²) < 4.78 is 1.99. The molecule has 0 aliphatic carbocycles. The quantitative estimate of drug-likeness (QED) is 0.805. The Kier molecular flexibility index (Phi) is 3.91. The monoisotopic (exact) mass is 209 g/mol. The van der Waals surface area contributed by atoms with Gasteiger partial charge in [0.1, 0.15) is 0 Å². The minimum Gasteiger partial charge on any atom is -0.317 e. The Hall–Kier alpha value is -0.830. The van der Waals surface area contributed by atoms with Gasteiger partial charge >= 0.3 is 0 Å². The van der Waals surface area contributed by atoms with E-state index in [2.05, 4.69) is 44.3 Å². The van der Waals surface area contributed by atoms with Gasteiger partial charge in [0.05, 0.1) is 6.20 Å². The first-order valence-corrected chi connectivity index (χ1v) is 5.69. The fourth-order valence-corrected chi connectivity index (χ4v) is 1.87. The van der Waals surface area contributed by atoms with E-state index in [1.54, 1.807) is 0 Å². The van der Waals surface area contributed by atoms with E-state index in [0.717, 1.165) is 13.0 Å². The van der Waals surface area contributed by atoms with Crippen molar-refractivity contribution in [2.45, 2.75) is 52.1 Å². The van der Waals surface area contributed by atoms with Crippen molar-refractivity contribution < 1.29 is 0 Å². The van der Waals surface area contributed by atoms with Crippen molar-refractivity contribution in [2.24, 2.45) is 0 Å². The zero-order valence-electron chi connectivity index (χ0n) is 10.5. The molecule has 0 spiro atoms. The van der Waals surface area contributed by atoms with Crippen LogP contribution < -0.4 is 5.32 Å². The highest BCUT2D eigenvalue weighted by molar-refractivity contribution is 5.17. The summed E-state index contributed by atoms with van der Waals surface area (Å²) in [4.78, 5) is 0. The highest BCUT2D eigenvalue weighted by Gasteiger charge is 2.24. The van der Waals surface area contributed by atoms with Gasteiger partial charge in [-0.05, 0) is 38.3 Å². The molecule has 0 aliphatic heterocycles. The van der Waals surface area contributed by atoms with E-state index in [4.69, 9.17) is 0 Å². The van der Waals surface area contributed by atoms with Crippen molar-refractivity contribution >= 4 is 0 Å². The molecular formula is C12H23N3. The number of aromatic nitrogens is 2. The Labute approximate surface area is 92.9 Å². The second kappa shape index (κ2) is 4.79. The molecule has 1 N–H and O–H groups in total. The van der Waals surface area contributed by atoms with E-state index in [1.165, 1.54) is 5.56 Å². The molecule has 0 saturated carbocycles. The van der Waals surface area contributed by atoms with Crippen LogP contribution in [-0.2, 0) is 12.0 Å². The first kappa shape index (κ1) is 12.2. The third-order valence-electron chi connectivity index (χ3n) is 3.05. The van der Waals surface area contributed by atoms with Gasteiger partial charge in [0.2, 0.25) is 0 Å². The second-order valence-electron chi connectivity index (χ2n) is 4.86. The van der Waals surface area contributed by atoms with Crippen LogP contribution in [0.4, 0.5) is 0 Å². The molecule has 1 heterocycles. The van der Waals surface area contributed by atoms with Crippen molar-refractivity contribution in [3.63, 3.8) is 0 Å². The molecule has 0 aromatic carbocycles. The van der Waals surface area contributed by atoms with Crippen molar-refractivity contribution in [2.75, 3.05) is 7.05 Å². The van der Waals surface area contributed by atoms with E-state index >= 15 is 0 Å². The lowest BCUT2D eigenvalue weighted by molar-refractivity contribution is 0.405. The fourth-order valence-electron chi connectivity index (χ4n) is 1.87. The number of aryl methyl sites for hydroxylation is 1. The van der Waals surface area contributed by atoms with E-state index < -0.39 is 0 Å². The Balaban J connectivity index is 2.75. The normalized spacial score (nSPS) is 14.2. The number of rotatable bonds is 5. The lowest BCUT2D eigenvalue weighted by atomic mass is 9.81. The summed E-state index contributed by atoms with van der Waals surface area (Å²) in [6.07, 6.45) is 5.27. The lowest BCUT2D eigenvalue weighted by Crippen LogP contribution is -2.30. The Morgan fingerprint density at radius 2 is 2.20 bits per heavy atom. The molecule has 0 fully saturated rings. The van der Waals surface area contributed by atoms with Crippen LogP contribution in [0.2, 0.25) is 0 Å². The summed E-state index contributed by atoms with van der Waals surface area (Å²) >= 11 is 0. The van der Waals surface area contributed by atoms with E-state index in [0.29, 0.717) is 6.04 Å². The van der Waals surface area contributed by atoms with Crippen LogP contribution in [0.1, 0.15) is 39.7 Å². The zero-order chi connectivity index (χ0) is 11.5. The average molecular weight is 209 g/mol. The van der Waals surface area contributed by atoms with Crippen molar-refractivity contribution in [1.29, 1.82) is 0 Å². The topological polar surface area (TPSA) is 29.9 Å². The number of nitrogens with zero attached hydrogens (tertiary/aromatic N) is 2. The molecule has 0 amide bonds. The Bertz CT molecular complexity index is 302. The Morgan fingerprint density at radius 3 is 2.67 bits per heavy atom. The molecule has 1 atom stereocenters. The highest BCUT2D eigenvalue weighted by Crippen LogP contribution is 2.27. The van der Waals surface area contributed by atoms with Crippen LogP contribution >= 0.6 is 0 Å². The molecule has 86 valence electrons. The first-order valence-electron chi connectivity index (χ1n) is 5.69. The van der Waals surface area contributed by atoms with E-state index in [9.17, 15) is 0 Å². The number of nitrogens with one attached hydrogen (secondary N) is 1. The van der Waals surface area contributed by atoms with Crippen LogP contribution in [0.5, 0.6) is 0 Å². The number of hydrogen-bond acceptors (Lipinski definition) is 2. The van der Waals surface area contributed by atoms with Gasteiger partial charge in [0, 0.05) is 18.8 Å². The van der Waals surface area contributed by atoms with Crippen LogP contribution in [-0.4, -0.2) is 22.9 Å². The maximum Gasteiger partial charge on any atom is 0.0527 e. The van der Waals surface area contributed by atoms with Gasteiger partial charge < -0.3 is 5.32 Å². The first-order chi connectivity index (χ1) is 6.99. The zero-order valence-corrected chi connectivity index (χ0v) is 10.5. The summed E-state index contributed by atoms with van der Waals surface area (Å²) in [6.45, 7) is 9.82. The maximum atomic E-state index is 4.33. The smallest absolute Gasteiger partial charge is 0.0527 e. The van der Waals surface area contributed by atoms with Crippen LogP contribution in [0, 0.1) is 0 Å². The van der Waals surface area contributed by atoms with Gasteiger partial charge in [-0.1, -0.05) is 13.8 Å². The minimum atomic E-state index is 0.190. The van der Waals surface area contributed by atoms with Crippen LogP contribution in [0.3, 0.4) is 0 Å². The predicted molar refractivity (Wildman–Crippen MR) is 64.1 cm³/mol. The molecule has 0 aliphatic rings. The molecule has 1 rings (SSSR count). The third kappa shape index (κ3) is 3.06.